The normalized spacial score (nSPS) is 15.2. The highest BCUT2D eigenvalue weighted by Crippen LogP contribution is 2.23. The summed E-state index contributed by atoms with van der Waals surface area (Å²) in [6.07, 6.45) is 3.36. The Kier molecular flexibility index (Phi) is 3.18. The van der Waals surface area contributed by atoms with E-state index in [0.717, 1.165) is 11.3 Å². The molecule has 1 unspecified atom stereocenters. The van der Waals surface area contributed by atoms with Crippen LogP contribution in [0.3, 0.4) is 0 Å². The second-order valence-electron chi connectivity index (χ2n) is 3.92. The van der Waals surface area contributed by atoms with Gasteiger partial charge < -0.3 is 9.94 Å². The molecule has 5 nitrogen and oxygen atoms in total. The van der Waals surface area contributed by atoms with Crippen molar-refractivity contribution in [3.63, 3.8) is 0 Å². The third-order valence-corrected chi connectivity index (χ3v) is 2.60. The Bertz CT molecular complexity index is 420. The maximum Gasteiger partial charge on any atom is 0.303 e. The molecule has 0 aromatic heterocycles. The second-order valence-corrected chi connectivity index (χ2v) is 3.92. The smallest absolute Gasteiger partial charge is 0.303 e. The number of nitrogens with one attached hydrogen (secondary N) is 1. The number of carboxylic acid groups (broad SMARTS) is 1. The summed E-state index contributed by atoms with van der Waals surface area (Å²) in [6, 6.07) is 7.58. The molecule has 1 atom stereocenters. The van der Waals surface area contributed by atoms with Crippen molar-refractivity contribution in [1.82, 2.24) is 5.43 Å². The number of rotatable bonds is 4. The van der Waals surface area contributed by atoms with Crippen LogP contribution in [0.4, 0.5) is 5.69 Å². The molecule has 1 aromatic carbocycles. The Morgan fingerprint density at radius 1 is 1.47 bits per heavy atom. The van der Waals surface area contributed by atoms with E-state index in [0.29, 0.717) is 0 Å². The zero-order valence-corrected chi connectivity index (χ0v) is 9.46. The zero-order chi connectivity index (χ0) is 12.3. The van der Waals surface area contributed by atoms with Gasteiger partial charge in [0.15, 0.2) is 0 Å². The highest BCUT2D eigenvalue weighted by atomic mass is 16.7. The minimum atomic E-state index is -0.782. The van der Waals surface area contributed by atoms with Crippen LogP contribution in [0.2, 0.25) is 0 Å². The van der Waals surface area contributed by atoms with Crippen molar-refractivity contribution < 1.29 is 14.7 Å². The van der Waals surface area contributed by atoms with E-state index in [-0.39, 0.29) is 12.3 Å². The van der Waals surface area contributed by atoms with Gasteiger partial charge in [-0.25, -0.2) is 0 Å². The van der Waals surface area contributed by atoms with E-state index in [1.807, 2.05) is 31.2 Å². The Morgan fingerprint density at radius 2 is 2.18 bits per heavy atom. The zero-order valence-electron chi connectivity index (χ0n) is 9.46. The Balaban J connectivity index is 2.04. The molecule has 1 aliphatic heterocycles. The first-order valence-electron chi connectivity index (χ1n) is 5.36. The summed E-state index contributed by atoms with van der Waals surface area (Å²) in [7, 11) is 0. The van der Waals surface area contributed by atoms with E-state index in [1.54, 1.807) is 12.5 Å². The van der Waals surface area contributed by atoms with Crippen LogP contribution in [0.5, 0.6) is 0 Å². The molecular formula is C12H14N2O3. The molecule has 0 bridgehead atoms. The van der Waals surface area contributed by atoms with Gasteiger partial charge >= 0.3 is 5.97 Å². The number of nitrogens with zero attached hydrogens (tertiary/aromatic N) is 1. The van der Waals surface area contributed by atoms with Gasteiger partial charge in [0.25, 0.3) is 0 Å². The molecular weight excluding hydrogens is 220 g/mol. The van der Waals surface area contributed by atoms with Crippen molar-refractivity contribution in [1.29, 1.82) is 0 Å². The summed E-state index contributed by atoms with van der Waals surface area (Å²) in [5.74, 6) is -0.776. The lowest BCUT2D eigenvalue weighted by Crippen LogP contribution is -2.27. The van der Waals surface area contributed by atoms with Gasteiger partial charge in [-0.15, -0.1) is 5.17 Å². The molecule has 2 rings (SSSR count). The average molecular weight is 234 g/mol. The molecule has 17 heavy (non-hydrogen) atoms. The van der Waals surface area contributed by atoms with Crippen molar-refractivity contribution in [3.05, 3.63) is 42.3 Å². The second kappa shape index (κ2) is 4.78. The van der Waals surface area contributed by atoms with Gasteiger partial charge in [-0.05, 0) is 23.6 Å². The predicted molar refractivity (Wildman–Crippen MR) is 62.9 cm³/mol. The number of anilines is 1. The molecule has 1 heterocycles. The van der Waals surface area contributed by atoms with Gasteiger partial charge in [0.05, 0.1) is 18.3 Å². The van der Waals surface area contributed by atoms with Gasteiger partial charge in [0.2, 0.25) is 0 Å². The van der Waals surface area contributed by atoms with E-state index < -0.39 is 5.97 Å². The van der Waals surface area contributed by atoms with Crippen molar-refractivity contribution in [2.24, 2.45) is 0 Å². The van der Waals surface area contributed by atoms with E-state index in [9.17, 15) is 4.79 Å². The number of hydrazine groups is 1. The van der Waals surface area contributed by atoms with Crippen molar-refractivity contribution >= 4 is 11.7 Å². The maximum absolute atomic E-state index is 10.6. The summed E-state index contributed by atoms with van der Waals surface area (Å²) >= 11 is 0. The Labute approximate surface area is 99.2 Å². The average Bonchev–Trinajstić information content (AvgIpc) is 2.82. The van der Waals surface area contributed by atoms with Gasteiger partial charge in [0.1, 0.15) is 6.26 Å². The van der Waals surface area contributed by atoms with Gasteiger partial charge in [-0.2, -0.15) is 0 Å². The first kappa shape index (κ1) is 11.3. The lowest BCUT2D eigenvalue weighted by Gasteiger charge is -2.17. The molecule has 1 aliphatic rings. The van der Waals surface area contributed by atoms with Gasteiger partial charge in [-0.3, -0.25) is 10.2 Å². The number of hydrogen-bond donors (Lipinski definition) is 2. The predicted octanol–water partition coefficient (Wildman–Crippen LogP) is 1.99. The highest BCUT2D eigenvalue weighted by Gasteiger charge is 2.12. The van der Waals surface area contributed by atoms with E-state index in [2.05, 4.69) is 5.43 Å². The number of hydrogen-bond acceptors (Lipinski definition) is 4. The summed E-state index contributed by atoms with van der Waals surface area (Å²) in [5, 5.41) is 10.2. The molecule has 0 radical (unpaired) electrons. The Morgan fingerprint density at radius 3 is 2.71 bits per heavy atom. The number of benzene rings is 1. The summed E-state index contributed by atoms with van der Waals surface area (Å²) in [5.41, 5.74) is 4.76. The standard InChI is InChI=1S/C12H14N2O3/c1-9(8-12(15)16)10-2-4-11(5-3-10)14-13-6-7-17-14/h2-7,9,13H,8H2,1H3,(H,15,16). The molecule has 0 amide bonds. The molecule has 0 aliphatic carbocycles. The van der Waals surface area contributed by atoms with Crippen LogP contribution < -0.4 is 10.6 Å². The van der Waals surface area contributed by atoms with Crippen molar-refractivity contribution in [2.75, 3.05) is 5.17 Å². The van der Waals surface area contributed by atoms with Gasteiger partial charge in [0, 0.05) is 0 Å². The summed E-state index contributed by atoms with van der Waals surface area (Å²) in [6.45, 7) is 1.90. The first-order valence-corrected chi connectivity index (χ1v) is 5.36. The molecule has 2 N–H and O–H groups in total. The number of aliphatic carboxylic acids is 1. The summed E-state index contributed by atoms with van der Waals surface area (Å²) < 4.78 is 0. The lowest BCUT2D eigenvalue weighted by atomic mass is 9.98. The third-order valence-electron chi connectivity index (χ3n) is 2.60. The molecule has 0 spiro atoms. The topological polar surface area (TPSA) is 61.8 Å². The van der Waals surface area contributed by atoms with Crippen molar-refractivity contribution in [2.45, 2.75) is 19.3 Å². The van der Waals surface area contributed by atoms with Gasteiger partial charge in [-0.1, -0.05) is 19.1 Å². The first-order chi connectivity index (χ1) is 8.16. The molecule has 1 aromatic rings. The lowest BCUT2D eigenvalue weighted by molar-refractivity contribution is -0.137. The highest BCUT2D eigenvalue weighted by molar-refractivity contribution is 5.68. The molecule has 0 saturated heterocycles. The molecule has 90 valence electrons. The van der Waals surface area contributed by atoms with Crippen LogP contribution in [-0.2, 0) is 9.63 Å². The van der Waals surface area contributed by atoms with E-state index >= 15 is 0 Å². The monoisotopic (exact) mass is 234 g/mol. The fourth-order valence-corrected chi connectivity index (χ4v) is 1.67. The minimum Gasteiger partial charge on any atom is -0.481 e. The fourth-order valence-electron chi connectivity index (χ4n) is 1.67. The maximum atomic E-state index is 10.6. The Hall–Kier alpha value is -2.17. The van der Waals surface area contributed by atoms with Crippen LogP contribution in [0, 0.1) is 0 Å². The fraction of sp³-hybridized carbons (Fsp3) is 0.250. The largest absolute Gasteiger partial charge is 0.481 e. The minimum absolute atomic E-state index is 0.00660. The number of carbonyl (C=O) groups is 1. The van der Waals surface area contributed by atoms with E-state index in [1.165, 1.54) is 5.17 Å². The van der Waals surface area contributed by atoms with E-state index in [4.69, 9.17) is 9.94 Å². The van der Waals surface area contributed by atoms with Crippen molar-refractivity contribution in [3.8, 4) is 0 Å². The molecule has 0 saturated carbocycles. The van der Waals surface area contributed by atoms with Crippen LogP contribution >= 0.6 is 0 Å². The van der Waals surface area contributed by atoms with Crippen LogP contribution in [0.1, 0.15) is 24.8 Å². The number of carboxylic acids is 1. The molecule has 0 fully saturated rings. The van der Waals surface area contributed by atoms with Crippen LogP contribution in [-0.4, -0.2) is 11.1 Å². The quantitative estimate of drug-likeness (QED) is 0.834. The van der Waals surface area contributed by atoms with Crippen LogP contribution in [0.15, 0.2) is 36.7 Å². The SMILES string of the molecule is CC(CC(=O)O)c1ccc(N2NC=CO2)cc1. The third kappa shape index (κ3) is 2.69. The molecule has 5 heteroatoms. The van der Waals surface area contributed by atoms with Crippen LogP contribution in [0.25, 0.3) is 0 Å². The summed E-state index contributed by atoms with van der Waals surface area (Å²) in [4.78, 5) is 15.8.